The van der Waals surface area contributed by atoms with Gasteiger partial charge in [0.1, 0.15) is 23.1 Å². The first kappa shape index (κ1) is 34.3. The Morgan fingerprint density at radius 1 is 1.07 bits per heavy atom. The van der Waals surface area contributed by atoms with Gasteiger partial charge in [0.2, 0.25) is 5.91 Å². The molecule has 0 saturated heterocycles. The van der Waals surface area contributed by atoms with Crippen LogP contribution in [-0.4, -0.2) is 71.2 Å². The molecular weight excluding hydrogens is 540 g/mol. The predicted octanol–water partition coefficient (Wildman–Crippen LogP) is 5.70. The summed E-state index contributed by atoms with van der Waals surface area (Å²) in [5.41, 5.74) is -0.536. The summed E-state index contributed by atoms with van der Waals surface area (Å²) in [5.74, 6) is 0.217. The maximum Gasteiger partial charge on any atom is 0.514 e. The molecule has 1 aromatic rings. The van der Waals surface area contributed by atoms with Gasteiger partial charge in [0, 0.05) is 31.4 Å². The highest BCUT2D eigenvalue weighted by molar-refractivity contribution is 7.80. The third-order valence-corrected chi connectivity index (χ3v) is 7.02. The predicted molar refractivity (Wildman–Crippen MR) is 168 cm³/mol. The number of phenols is 1. The number of phenolic OH excluding ortho intramolecular Hbond substituents is 1. The van der Waals surface area contributed by atoms with E-state index in [4.69, 9.17) is 26.7 Å². The van der Waals surface area contributed by atoms with Gasteiger partial charge in [0.15, 0.2) is 5.11 Å². The highest BCUT2D eigenvalue weighted by atomic mass is 32.1. The number of nitrogens with zero attached hydrogens (tertiary/aromatic N) is 2. The summed E-state index contributed by atoms with van der Waals surface area (Å²) in [6.07, 6.45) is 4.67. The number of hydrogen-bond donors (Lipinski definition) is 3. The quantitative estimate of drug-likeness (QED) is 0.167. The van der Waals surface area contributed by atoms with Crippen LogP contribution in [0.2, 0.25) is 0 Å². The molecule has 0 radical (unpaired) electrons. The molecule has 2 rings (SSSR count). The topological polar surface area (TPSA) is 112 Å². The fourth-order valence-corrected chi connectivity index (χ4v) is 5.01. The minimum atomic E-state index is -0.828. The molecule has 1 aliphatic rings. The van der Waals surface area contributed by atoms with Crippen LogP contribution in [-0.2, 0) is 14.9 Å². The van der Waals surface area contributed by atoms with E-state index in [-0.39, 0.29) is 34.9 Å². The van der Waals surface area contributed by atoms with Crippen molar-refractivity contribution in [3.8, 4) is 11.5 Å². The number of hydrogen-bond acceptors (Lipinski definition) is 7. The average Bonchev–Trinajstić information content (AvgIpc) is 2.79. The Morgan fingerprint density at radius 3 is 2.22 bits per heavy atom. The van der Waals surface area contributed by atoms with Gasteiger partial charge in [-0.05, 0) is 68.8 Å². The molecule has 41 heavy (non-hydrogen) atoms. The lowest BCUT2D eigenvalue weighted by molar-refractivity contribution is -0.133. The zero-order chi connectivity index (χ0) is 31.3. The zero-order valence-corrected chi connectivity index (χ0v) is 27.5. The number of likely N-dealkylation sites (N-methyl/N-ethyl adjacent to an activating group) is 1. The van der Waals surface area contributed by atoms with Crippen molar-refractivity contribution >= 4 is 35.6 Å². The van der Waals surface area contributed by atoms with Gasteiger partial charge < -0.3 is 30.1 Å². The summed E-state index contributed by atoms with van der Waals surface area (Å²) in [6, 6.07) is 2.78. The Bertz CT molecular complexity index is 1130. The minimum absolute atomic E-state index is 0.00929. The van der Waals surface area contributed by atoms with Crippen LogP contribution < -0.4 is 15.4 Å². The van der Waals surface area contributed by atoms with Crippen LogP contribution in [0.15, 0.2) is 17.1 Å². The number of carbonyl (C=O) groups excluding carboxylic acids is 2. The molecule has 1 amide bonds. The van der Waals surface area contributed by atoms with Gasteiger partial charge in [0.25, 0.3) is 0 Å². The van der Waals surface area contributed by atoms with E-state index >= 15 is 0 Å². The van der Waals surface area contributed by atoms with Crippen LogP contribution >= 0.6 is 12.2 Å². The summed E-state index contributed by atoms with van der Waals surface area (Å²) >= 11 is 5.64. The lowest BCUT2D eigenvalue weighted by Crippen LogP contribution is -2.57. The van der Waals surface area contributed by atoms with Gasteiger partial charge in [-0.25, -0.2) is 4.79 Å². The molecule has 9 nitrogen and oxygen atoms in total. The smallest absolute Gasteiger partial charge is 0.507 e. The molecule has 1 aromatic carbocycles. The van der Waals surface area contributed by atoms with E-state index in [2.05, 4.69) is 10.6 Å². The van der Waals surface area contributed by atoms with Crippen molar-refractivity contribution in [1.29, 1.82) is 0 Å². The van der Waals surface area contributed by atoms with Crippen molar-refractivity contribution in [2.75, 3.05) is 14.1 Å². The number of nitrogens with one attached hydrogen (secondary N) is 2. The Balaban J connectivity index is 2.26. The molecule has 10 heteroatoms. The number of rotatable bonds is 6. The molecule has 0 aliphatic heterocycles. The molecule has 1 fully saturated rings. The third-order valence-electron chi connectivity index (χ3n) is 6.78. The van der Waals surface area contributed by atoms with Gasteiger partial charge >= 0.3 is 6.16 Å². The first-order valence-corrected chi connectivity index (χ1v) is 14.7. The van der Waals surface area contributed by atoms with Crippen LogP contribution in [0.4, 0.5) is 4.79 Å². The van der Waals surface area contributed by atoms with Crippen molar-refractivity contribution in [2.24, 2.45) is 10.4 Å². The fourth-order valence-electron chi connectivity index (χ4n) is 4.75. The summed E-state index contributed by atoms with van der Waals surface area (Å²) in [6.45, 7) is 17.1. The van der Waals surface area contributed by atoms with Crippen molar-refractivity contribution in [3.63, 3.8) is 0 Å². The SMILES string of the molecule is CN(C)C(=O)[C@@H](NC(=S)N[C@@H]1CCCC[C@H]1N=Cc1ccc(OC(=O)OC(C)(C)C)c(C(C)(C)C)c1O)C(C)(C)C. The number of aromatic hydroxyl groups is 1. The molecule has 1 saturated carbocycles. The number of ether oxygens (including phenoxy) is 2. The number of amides is 1. The number of carbonyl (C=O) groups is 2. The molecular formula is C31H50N4O5S. The first-order chi connectivity index (χ1) is 18.7. The highest BCUT2D eigenvalue weighted by Gasteiger charge is 2.34. The Labute approximate surface area is 251 Å². The molecule has 0 bridgehead atoms. The van der Waals surface area contributed by atoms with E-state index in [0.717, 1.165) is 25.7 Å². The van der Waals surface area contributed by atoms with Gasteiger partial charge in [-0.2, -0.15) is 0 Å². The Morgan fingerprint density at radius 2 is 1.68 bits per heavy atom. The number of thiocarbonyl (C=S) groups is 1. The van der Waals surface area contributed by atoms with Gasteiger partial charge in [-0.1, -0.05) is 54.4 Å². The van der Waals surface area contributed by atoms with Crippen LogP contribution in [0.5, 0.6) is 11.5 Å². The number of aliphatic imine (C=N–C) groups is 1. The Kier molecular flexibility index (Phi) is 11.2. The molecule has 0 unspecified atom stereocenters. The second-order valence-corrected chi connectivity index (χ2v) is 14.5. The monoisotopic (exact) mass is 590 g/mol. The molecule has 230 valence electrons. The lowest BCUT2D eigenvalue weighted by atomic mass is 9.84. The molecule has 0 heterocycles. The highest BCUT2D eigenvalue weighted by Crippen LogP contribution is 2.40. The Hall–Kier alpha value is -2.88. The molecule has 0 spiro atoms. The standard InChI is InChI=1S/C31H50N4O5S/c1-29(2,3)23-22(39-28(38)40-31(7,8)9)17-16-19(24(23)36)18-32-20-14-12-13-15-21(20)33-27(41)34-25(30(4,5)6)26(37)35(10)11/h16-18,20-21,25,36H,12-15H2,1-11H3,(H2,33,34,41)/t20-,21-,25-/m1/s1. The van der Waals surface area contributed by atoms with E-state index in [1.165, 1.54) is 0 Å². The van der Waals surface area contributed by atoms with E-state index in [9.17, 15) is 14.7 Å². The van der Waals surface area contributed by atoms with E-state index < -0.39 is 23.2 Å². The van der Waals surface area contributed by atoms with Gasteiger partial charge in [0.05, 0.1) is 12.1 Å². The van der Waals surface area contributed by atoms with E-state index in [1.807, 2.05) is 41.5 Å². The van der Waals surface area contributed by atoms with Crippen molar-refractivity contribution in [3.05, 3.63) is 23.3 Å². The maximum atomic E-state index is 12.8. The maximum absolute atomic E-state index is 12.8. The van der Waals surface area contributed by atoms with E-state index in [1.54, 1.807) is 58.1 Å². The largest absolute Gasteiger partial charge is 0.514 e. The second kappa shape index (κ2) is 13.4. The molecule has 3 atom stereocenters. The first-order valence-electron chi connectivity index (χ1n) is 14.3. The molecule has 0 aromatic heterocycles. The third kappa shape index (κ3) is 10.2. The minimum Gasteiger partial charge on any atom is -0.507 e. The molecule has 1 aliphatic carbocycles. The van der Waals surface area contributed by atoms with E-state index in [0.29, 0.717) is 16.2 Å². The van der Waals surface area contributed by atoms with Gasteiger partial charge in [-0.15, -0.1) is 0 Å². The van der Waals surface area contributed by atoms with Crippen molar-refractivity contribution in [1.82, 2.24) is 15.5 Å². The van der Waals surface area contributed by atoms with Crippen LogP contribution in [0.1, 0.15) is 99.1 Å². The summed E-state index contributed by atoms with van der Waals surface area (Å²) in [5, 5.41) is 18.3. The normalized spacial score (nSPS) is 18.9. The van der Waals surface area contributed by atoms with Crippen molar-refractivity contribution < 1.29 is 24.2 Å². The summed E-state index contributed by atoms with van der Waals surface area (Å²) in [7, 11) is 3.48. The fraction of sp³-hybridized carbons (Fsp3) is 0.677. The van der Waals surface area contributed by atoms with Crippen LogP contribution in [0.25, 0.3) is 0 Å². The number of benzene rings is 1. The van der Waals surface area contributed by atoms with Crippen molar-refractivity contribution in [2.45, 2.75) is 117 Å². The summed E-state index contributed by atoms with van der Waals surface area (Å²) < 4.78 is 10.8. The second-order valence-electron chi connectivity index (χ2n) is 14.1. The summed E-state index contributed by atoms with van der Waals surface area (Å²) in [4.78, 5) is 31.6. The van der Waals surface area contributed by atoms with Crippen LogP contribution in [0.3, 0.4) is 0 Å². The lowest BCUT2D eigenvalue weighted by Gasteiger charge is -2.35. The van der Waals surface area contributed by atoms with Gasteiger partial charge in [-0.3, -0.25) is 9.79 Å². The zero-order valence-electron chi connectivity index (χ0n) is 26.7. The van der Waals surface area contributed by atoms with Crippen LogP contribution in [0, 0.1) is 5.41 Å². The molecule has 3 N–H and O–H groups in total. The average molecular weight is 591 g/mol.